The first-order chi connectivity index (χ1) is 7.50. The Morgan fingerprint density at radius 1 is 1.56 bits per heavy atom. The maximum absolute atomic E-state index is 11.4. The summed E-state index contributed by atoms with van der Waals surface area (Å²) in [5.74, 6) is -1.57. The first kappa shape index (κ1) is 12.2. The van der Waals surface area contributed by atoms with Crippen molar-refractivity contribution in [2.24, 2.45) is 5.92 Å². The van der Waals surface area contributed by atoms with Crippen molar-refractivity contribution in [3.63, 3.8) is 0 Å². The number of nitrogens with one attached hydrogen (secondary N) is 1. The average Bonchev–Trinajstić information content (AvgIpc) is 2.64. The second-order valence-corrected chi connectivity index (χ2v) is 3.42. The minimum Gasteiger partial charge on any atom is -0.481 e. The number of aromatic nitrogens is 2. The molecular formula is C9H13N3O4. The first-order valence-corrected chi connectivity index (χ1v) is 4.82. The molecule has 0 saturated carbocycles. The van der Waals surface area contributed by atoms with Gasteiger partial charge in [0, 0.05) is 13.5 Å². The number of carboxylic acids is 1. The Kier molecular flexibility index (Phi) is 3.98. The van der Waals surface area contributed by atoms with Crippen LogP contribution in [0.5, 0.6) is 0 Å². The van der Waals surface area contributed by atoms with Crippen molar-refractivity contribution < 1.29 is 19.2 Å². The first-order valence-electron chi connectivity index (χ1n) is 4.82. The van der Waals surface area contributed by atoms with Crippen LogP contribution >= 0.6 is 0 Å². The second kappa shape index (κ2) is 5.24. The maximum Gasteiger partial charge on any atom is 0.306 e. The van der Waals surface area contributed by atoms with Crippen LogP contribution in [-0.2, 0) is 4.79 Å². The fourth-order valence-corrected chi connectivity index (χ4v) is 0.996. The molecule has 0 spiro atoms. The smallest absolute Gasteiger partial charge is 0.306 e. The lowest BCUT2D eigenvalue weighted by Gasteiger charge is -2.05. The lowest BCUT2D eigenvalue weighted by molar-refractivity contribution is -0.141. The highest BCUT2D eigenvalue weighted by molar-refractivity contribution is 5.90. The van der Waals surface area contributed by atoms with Crippen LogP contribution in [0.15, 0.2) is 4.52 Å². The zero-order valence-electron chi connectivity index (χ0n) is 9.06. The minimum absolute atomic E-state index is 0.0412. The summed E-state index contributed by atoms with van der Waals surface area (Å²) in [5, 5.41) is 14.6. The number of aliphatic carboxylic acids is 1. The van der Waals surface area contributed by atoms with E-state index in [0.717, 1.165) is 0 Å². The normalized spacial score (nSPS) is 12.1. The lowest BCUT2D eigenvalue weighted by atomic mass is 10.1. The van der Waals surface area contributed by atoms with Gasteiger partial charge in [0.15, 0.2) is 0 Å². The molecule has 7 nitrogen and oxygen atoms in total. The van der Waals surface area contributed by atoms with E-state index >= 15 is 0 Å². The summed E-state index contributed by atoms with van der Waals surface area (Å²) >= 11 is 0. The van der Waals surface area contributed by atoms with Gasteiger partial charge >= 0.3 is 5.97 Å². The monoisotopic (exact) mass is 227 g/mol. The zero-order valence-corrected chi connectivity index (χ0v) is 9.06. The van der Waals surface area contributed by atoms with E-state index in [-0.39, 0.29) is 12.4 Å². The molecule has 1 atom stereocenters. The van der Waals surface area contributed by atoms with Gasteiger partial charge < -0.3 is 14.9 Å². The summed E-state index contributed by atoms with van der Waals surface area (Å²) < 4.78 is 4.64. The largest absolute Gasteiger partial charge is 0.481 e. The van der Waals surface area contributed by atoms with Gasteiger partial charge in [0.25, 0.3) is 11.7 Å². The number of amides is 1. The molecule has 0 aliphatic heterocycles. The Morgan fingerprint density at radius 2 is 2.25 bits per heavy atom. The Bertz CT molecular complexity index is 388. The molecule has 0 bridgehead atoms. The third kappa shape index (κ3) is 3.34. The summed E-state index contributed by atoms with van der Waals surface area (Å²) in [5.41, 5.74) is 0. The average molecular weight is 227 g/mol. The van der Waals surface area contributed by atoms with E-state index < -0.39 is 17.8 Å². The molecule has 2 N–H and O–H groups in total. The number of hydrogen-bond acceptors (Lipinski definition) is 5. The summed E-state index contributed by atoms with van der Waals surface area (Å²) in [4.78, 5) is 25.6. The number of carboxylic acid groups (broad SMARTS) is 1. The third-order valence-corrected chi connectivity index (χ3v) is 2.02. The fourth-order valence-electron chi connectivity index (χ4n) is 0.996. The van der Waals surface area contributed by atoms with Crippen molar-refractivity contribution in [1.82, 2.24) is 15.5 Å². The van der Waals surface area contributed by atoms with E-state index in [9.17, 15) is 9.59 Å². The summed E-state index contributed by atoms with van der Waals surface area (Å²) in [6.07, 6.45) is 0.359. The van der Waals surface area contributed by atoms with Crippen molar-refractivity contribution in [1.29, 1.82) is 0 Å². The molecule has 88 valence electrons. The molecule has 1 amide bonds. The van der Waals surface area contributed by atoms with Gasteiger partial charge in [0.1, 0.15) is 0 Å². The van der Waals surface area contributed by atoms with Crippen LogP contribution in [0, 0.1) is 12.8 Å². The van der Waals surface area contributed by atoms with Gasteiger partial charge in [-0.25, -0.2) is 0 Å². The molecule has 0 radical (unpaired) electrons. The predicted molar refractivity (Wildman–Crippen MR) is 52.8 cm³/mol. The van der Waals surface area contributed by atoms with Crippen LogP contribution in [0.25, 0.3) is 0 Å². The molecule has 1 rings (SSSR count). The van der Waals surface area contributed by atoms with E-state index in [2.05, 4.69) is 20.0 Å². The summed E-state index contributed by atoms with van der Waals surface area (Å²) in [6.45, 7) is 3.42. The molecular weight excluding hydrogens is 214 g/mol. The van der Waals surface area contributed by atoms with E-state index in [1.165, 1.54) is 0 Å². The Balaban J connectivity index is 2.34. The number of hydrogen-bond donors (Lipinski definition) is 2. The number of carbonyl (C=O) groups is 2. The highest BCUT2D eigenvalue weighted by Crippen LogP contribution is 2.00. The Labute approximate surface area is 91.8 Å². The second-order valence-electron chi connectivity index (χ2n) is 3.42. The SMILES string of the molecule is Cc1nc(C(=O)NCCC(C)C(=O)O)no1. The van der Waals surface area contributed by atoms with Crippen LogP contribution in [0.1, 0.15) is 29.9 Å². The van der Waals surface area contributed by atoms with E-state index in [1.54, 1.807) is 13.8 Å². The van der Waals surface area contributed by atoms with Crippen molar-refractivity contribution in [3.05, 3.63) is 11.7 Å². The van der Waals surface area contributed by atoms with Crippen molar-refractivity contribution >= 4 is 11.9 Å². The van der Waals surface area contributed by atoms with Crippen LogP contribution < -0.4 is 5.32 Å². The molecule has 1 heterocycles. The highest BCUT2D eigenvalue weighted by Gasteiger charge is 2.14. The molecule has 0 saturated heterocycles. The van der Waals surface area contributed by atoms with Crippen molar-refractivity contribution in [2.45, 2.75) is 20.3 Å². The molecule has 1 unspecified atom stereocenters. The van der Waals surface area contributed by atoms with Gasteiger partial charge in [-0.2, -0.15) is 4.98 Å². The topological polar surface area (TPSA) is 105 Å². The molecule has 1 aromatic rings. The van der Waals surface area contributed by atoms with Crippen LogP contribution in [0.4, 0.5) is 0 Å². The number of rotatable bonds is 5. The maximum atomic E-state index is 11.4. The Hall–Kier alpha value is -1.92. The van der Waals surface area contributed by atoms with E-state index in [4.69, 9.17) is 5.11 Å². The van der Waals surface area contributed by atoms with Crippen molar-refractivity contribution in [2.75, 3.05) is 6.54 Å². The predicted octanol–water partition coefficient (Wildman–Crippen LogP) is 0.219. The molecule has 7 heteroatoms. The quantitative estimate of drug-likeness (QED) is 0.745. The number of aryl methyl sites for hydroxylation is 1. The van der Waals surface area contributed by atoms with Crippen LogP contribution in [0.3, 0.4) is 0 Å². The van der Waals surface area contributed by atoms with E-state index in [1.807, 2.05) is 0 Å². The van der Waals surface area contributed by atoms with Crippen LogP contribution in [-0.4, -0.2) is 33.7 Å². The molecule has 0 aliphatic carbocycles. The zero-order chi connectivity index (χ0) is 12.1. The van der Waals surface area contributed by atoms with E-state index in [0.29, 0.717) is 12.3 Å². The Morgan fingerprint density at radius 3 is 2.75 bits per heavy atom. The minimum atomic E-state index is -0.885. The highest BCUT2D eigenvalue weighted by atomic mass is 16.5. The standard InChI is InChI=1S/C9H13N3O4/c1-5(9(14)15)3-4-10-8(13)7-11-6(2)16-12-7/h5H,3-4H2,1-2H3,(H,10,13)(H,14,15). The molecule has 0 fully saturated rings. The van der Waals surface area contributed by atoms with Gasteiger partial charge in [0.2, 0.25) is 5.89 Å². The van der Waals surface area contributed by atoms with Crippen molar-refractivity contribution in [3.8, 4) is 0 Å². The van der Waals surface area contributed by atoms with Gasteiger partial charge in [-0.3, -0.25) is 9.59 Å². The number of carbonyl (C=O) groups excluding carboxylic acids is 1. The van der Waals surface area contributed by atoms with Gasteiger partial charge in [-0.15, -0.1) is 0 Å². The third-order valence-electron chi connectivity index (χ3n) is 2.02. The molecule has 0 aliphatic rings. The summed E-state index contributed by atoms with van der Waals surface area (Å²) in [7, 11) is 0. The number of nitrogens with zero attached hydrogens (tertiary/aromatic N) is 2. The fraction of sp³-hybridized carbons (Fsp3) is 0.556. The van der Waals surface area contributed by atoms with Gasteiger partial charge in [-0.05, 0) is 6.42 Å². The van der Waals surface area contributed by atoms with Gasteiger partial charge in [0.05, 0.1) is 5.92 Å². The van der Waals surface area contributed by atoms with Crippen LogP contribution in [0.2, 0.25) is 0 Å². The lowest BCUT2D eigenvalue weighted by Crippen LogP contribution is -2.27. The molecule has 1 aromatic heterocycles. The molecule has 0 aromatic carbocycles. The summed E-state index contributed by atoms with van der Waals surface area (Å²) in [6, 6.07) is 0. The molecule has 16 heavy (non-hydrogen) atoms. The van der Waals surface area contributed by atoms with Gasteiger partial charge in [-0.1, -0.05) is 12.1 Å².